The number of ether oxygens (including phenoxy) is 2. The molecule has 76 valence electrons. The van der Waals surface area contributed by atoms with E-state index in [1.165, 1.54) is 19.3 Å². The molecule has 2 aliphatic heterocycles. The van der Waals surface area contributed by atoms with Gasteiger partial charge in [-0.3, -0.25) is 0 Å². The van der Waals surface area contributed by atoms with Crippen molar-refractivity contribution in [3.8, 4) is 0 Å². The predicted molar refractivity (Wildman–Crippen MR) is 50.8 cm³/mol. The van der Waals surface area contributed by atoms with Crippen LogP contribution < -0.4 is 5.32 Å². The summed E-state index contributed by atoms with van der Waals surface area (Å²) in [6.07, 6.45) is 5.67. The maximum absolute atomic E-state index is 5.75. The summed E-state index contributed by atoms with van der Waals surface area (Å²) in [5.41, 5.74) is 0. The molecule has 1 N–H and O–H groups in total. The minimum atomic E-state index is 0.370. The van der Waals surface area contributed by atoms with E-state index in [-0.39, 0.29) is 0 Å². The minimum Gasteiger partial charge on any atom is -0.376 e. The first-order valence-electron chi connectivity index (χ1n) is 5.39. The van der Waals surface area contributed by atoms with Crippen molar-refractivity contribution in [1.82, 2.24) is 5.32 Å². The summed E-state index contributed by atoms with van der Waals surface area (Å²) in [4.78, 5) is 0. The highest BCUT2D eigenvalue weighted by Gasteiger charge is 2.19. The SMILES string of the molecule is C1CCC(CO[C@H]2CCNC2)OC1. The topological polar surface area (TPSA) is 30.5 Å². The number of nitrogens with one attached hydrogen (secondary N) is 1. The van der Waals surface area contributed by atoms with Crippen LogP contribution in [0.15, 0.2) is 0 Å². The van der Waals surface area contributed by atoms with Gasteiger partial charge < -0.3 is 14.8 Å². The van der Waals surface area contributed by atoms with E-state index in [2.05, 4.69) is 5.32 Å². The largest absolute Gasteiger partial charge is 0.376 e. The first-order valence-corrected chi connectivity index (χ1v) is 5.39. The van der Waals surface area contributed by atoms with Gasteiger partial charge in [-0.15, -0.1) is 0 Å². The van der Waals surface area contributed by atoms with Crippen LogP contribution in [0.25, 0.3) is 0 Å². The highest BCUT2D eigenvalue weighted by molar-refractivity contribution is 4.72. The fourth-order valence-electron chi connectivity index (χ4n) is 1.95. The van der Waals surface area contributed by atoms with E-state index in [1.807, 2.05) is 0 Å². The van der Waals surface area contributed by atoms with Gasteiger partial charge in [-0.1, -0.05) is 0 Å². The van der Waals surface area contributed by atoms with E-state index < -0.39 is 0 Å². The first-order chi connectivity index (χ1) is 6.45. The molecule has 13 heavy (non-hydrogen) atoms. The molecule has 0 saturated carbocycles. The van der Waals surface area contributed by atoms with Crippen LogP contribution in [-0.4, -0.2) is 38.5 Å². The van der Waals surface area contributed by atoms with E-state index in [4.69, 9.17) is 9.47 Å². The molecule has 0 bridgehead atoms. The molecule has 0 aromatic carbocycles. The zero-order valence-corrected chi connectivity index (χ0v) is 8.13. The standard InChI is InChI=1S/C10H19NO2/c1-2-6-12-10(3-1)8-13-9-4-5-11-7-9/h9-11H,1-8H2/t9-,10?/m0/s1. The molecular weight excluding hydrogens is 166 g/mol. The third-order valence-corrected chi connectivity index (χ3v) is 2.81. The Kier molecular flexibility index (Phi) is 3.58. The molecule has 0 aromatic heterocycles. The van der Waals surface area contributed by atoms with Crippen LogP contribution in [0, 0.1) is 0 Å². The van der Waals surface area contributed by atoms with Crippen LogP contribution in [0.5, 0.6) is 0 Å². The van der Waals surface area contributed by atoms with Gasteiger partial charge in [0.15, 0.2) is 0 Å². The Morgan fingerprint density at radius 3 is 3.00 bits per heavy atom. The van der Waals surface area contributed by atoms with Crippen molar-refractivity contribution in [1.29, 1.82) is 0 Å². The Balaban J connectivity index is 1.60. The van der Waals surface area contributed by atoms with Gasteiger partial charge in [0.25, 0.3) is 0 Å². The molecule has 2 aliphatic rings. The van der Waals surface area contributed by atoms with Gasteiger partial charge in [0.2, 0.25) is 0 Å². The first kappa shape index (κ1) is 9.44. The summed E-state index contributed by atoms with van der Waals surface area (Å²) in [6, 6.07) is 0. The average molecular weight is 185 g/mol. The van der Waals surface area contributed by atoms with E-state index >= 15 is 0 Å². The lowest BCUT2D eigenvalue weighted by Gasteiger charge is -2.23. The molecule has 2 saturated heterocycles. The van der Waals surface area contributed by atoms with Crippen molar-refractivity contribution in [3.05, 3.63) is 0 Å². The highest BCUT2D eigenvalue weighted by atomic mass is 16.5. The third kappa shape index (κ3) is 2.93. The molecule has 2 fully saturated rings. The lowest BCUT2D eigenvalue weighted by atomic mass is 10.1. The van der Waals surface area contributed by atoms with Gasteiger partial charge in [-0.25, -0.2) is 0 Å². The van der Waals surface area contributed by atoms with Crippen LogP contribution in [0.4, 0.5) is 0 Å². The van der Waals surface area contributed by atoms with Crippen LogP contribution in [0.3, 0.4) is 0 Å². The average Bonchev–Trinajstić information content (AvgIpc) is 2.69. The molecule has 2 rings (SSSR count). The number of rotatable bonds is 3. The van der Waals surface area contributed by atoms with Crippen molar-refractivity contribution in [2.75, 3.05) is 26.3 Å². The molecular formula is C10H19NO2. The molecule has 1 unspecified atom stereocenters. The maximum atomic E-state index is 5.75. The normalized spacial score (nSPS) is 35.1. The van der Waals surface area contributed by atoms with Crippen molar-refractivity contribution < 1.29 is 9.47 Å². The Labute approximate surface area is 79.8 Å². The summed E-state index contributed by atoms with van der Waals surface area (Å²) < 4.78 is 11.3. The Morgan fingerprint density at radius 1 is 1.31 bits per heavy atom. The number of hydrogen-bond donors (Lipinski definition) is 1. The summed E-state index contributed by atoms with van der Waals surface area (Å²) in [5, 5.41) is 3.29. The molecule has 0 amide bonds. The Bertz CT molecular complexity index is 140. The second-order valence-electron chi connectivity index (χ2n) is 3.94. The number of hydrogen-bond acceptors (Lipinski definition) is 3. The Hall–Kier alpha value is -0.120. The maximum Gasteiger partial charge on any atom is 0.0808 e. The second kappa shape index (κ2) is 4.94. The van der Waals surface area contributed by atoms with E-state index in [9.17, 15) is 0 Å². The van der Waals surface area contributed by atoms with Gasteiger partial charge in [0.1, 0.15) is 0 Å². The van der Waals surface area contributed by atoms with Crippen LogP contribution in [0.2, 0.25) is 0 Å². The fourth-order valence-corrected chi connectivity index (χ4v) is 1.95. The van der Waals surface area contributed by atoms with Gasteiger partial charge in [0, 0.05) is 13.2 Å². The summed E-state index contributed by atoms with van der Waals surface area (Å²) in [6.45, 7) is 3.85. The summed E-state index contributed by atoms with van der Waals surface area (Å²) in [7, 11) is 0. The van der Waals surface area contributed by atoms with Crippen LogP contribution >= 0.6 is 0 Å². The molecule has 3 nitrogen and oxygen atoms in total. The summed E-state index contributed by atoms with van der Waals surface area (Å²) in [5.74, 6) is 0. The lowest BCUT2D eigenvalue weighted by molar-refractivity contribution is -0.0584. The van der Waals surface area contributed by atoms with Crippen molar-refractivity contribution in [2.45, 2.75) is 37.9 Å². The fraction of sp³-hybridized carbons (Fsp3) is 1.00. The van der Waals surface area contributed by atoms with E-state index in [1.54, 1.807) is 0 Å². The molecule has 0 aliphatic carbocycles. The molecule has 2 heterocycles. The Morgan fingerprint density at radius 2 is 2.31 bits per heavy atom. The molecule has 0 spiro atoms. The van der Waals surface area contributed by atoms with Gasteiger partial charge >= 0.3 is 0 Å². The highest BCUT2D eigenvalue weighted by Crippen LogP contribution is 2.14. The quantitative estimate of drug-likeness (QED) is 0.709. The minimum absolute atomic E-state index is 0.370. The molecule has 0 radical (unpaired) electrons. The van der Waals surface area contributed by atoms with E-state index in [0.29, 0.717) is 12.2 Å². The molecule has 3 heteroatoms. The van der Waals surface area contributed by atoms with Crippen LogP contribution in [0.1, 0.15) is 25.7 Å². The van der Waals surface area contributed by atoms with Crippen LogP contribution in [-0.2, 0) is 9.47 Å². The van der Waals surface area contributed by atoms with Crippen molar-refractivity contribution in [3.63, 3.8) is 0 Å². The van der Waals surface area contributed by atoms with Gasteiger partial charge in [-0.2, -0.15) is 0 Å². The molecule has 2 atom stereocenters. The van der Waals surface area contributed by atoms with Gasteiger partial charge in [-0.05, 0) is 32.2 Å². The van der Waals surface area contributed by atoms with Crippen molar-refractivity contribution >= 4 is 0 Å². The second-order valence-corrected chi connectivity index (χ2v) is 3.94. The van der Waals surface area contributed by atoms with Crippen molar-refractivity contribution in [2.24, 2.45) is 0 Å². The zero-order valence-electron chi connectivity index (χ0n) is 8.13. The zero-order chi connectivity index (χ0) is 8.93. The summed E-state index contributed by atoms with van der Waals surface area (Å²) >= 11 is 0. The van der Waals surface area contributed by atoms with E-state index in [0.717, 1.165) is 32.7 Å². The van der Waals surface area contributed by atoms with Gasteiger partial charge in [0.05, 0.1) is 18.8 Å². The lowest BCUT2D eigenvalue weighted by Crippen LogP contribution is -2.28. The predicted octanol–water partition coefficient (Wildman–Crippen LogP) is 0.934. The third-order valence-electron chi connectivity index (χ3n) is 2.81. The smallest absolute Gasteiger partial charge is 0.0808 e. The molecule has 0 aromatic rings. The monoisotopic (exact) mass is 185 g/mol.